The van der Waals surface area contributed by atoms with Crippen molar-refractivity contribution < 1.29 is 14.7 Å². The fourth-order valence-corrected chi connectivity index (χ4v) is 3.15. The molecule has 0 spiro atoms. The summed E-state index contributed by atoms with van der Waals surface area (Å²) in [5.41, 5.74) is 2.17. The highest BCUT2D eigenvalue weighted by atomic mass is 127. The highest BCUT2D eigenvalue weighted by molar-refractivity contribution is 14.1. The Labute approximate surface area is 150 Å². The first-order chi connectivity index (χ1) is 10.4. The van der Waals surface area contributed by atoms with Gasteiger partial charge in [-0.2, -0.15) is 0 Å². The number of amides is 1. The molecule has 0 saturated heterocycles. The van der Waals surface area contributed by atoms with Gasteiger partial charge in [-0.3, -0.25) is 4.79 Å². The molecule has 0 aliphatic heterocycles. The Morgan fingerprint density at radius 3 is 2.36 bits per heavy atom. The van der Waals surface area contributed by atoms with Gasteiger partial charge in [0.1, 0.15) is 0 Å². The van der Waals surface area contributed by atoms with Crippen molar-refractivity contribution in [3.63, 3.8) is 0 Å². The van der Waals surface area contributed by atoms with Gasteiger partial charge in [0.15, 0.2) is 0 Å². The zero-order valence-electron chi connectivity index (χ0n) is 11.7. The van der Waals surface area contributed by atoms with E-state index in [0.717, 1.165) is 10.0 Å². The highest BCUT2D eigenvalue weighted by Crippen LogP contribution is 2.28. The van der Waals surface area contributed by atoms with Crippen LogP contribution in [0.3, 0.4) is 0 Å². The van der Waals surface area contributed by atoms with Gasteiger partial charge in [-0.05, 0) is 64.9 Å². The third-order valence-corrected chi connectivity index (χ3v) is 4.83. The molecule has 2 N–H and O–H groups in total. The summed E-state index contributed by atoms with van der Waals surface area (Å²) in [5, 5.41) is 12.0. The summed E-state index contributed by atoms with van der Waals surface area (Å²) in [5.74, 6) is -1.27. The van der Waals surface area contributed by atoms with Crippen LogP contribution in [0.5, 0.6) is 0 Å². The van der Waals surface area contributed by atoms with Crippen LogP contribution < -0.4 is 5.32 Å². The van der Waals surface area contributed by atoms with Crippen LogP contribution in [0.25, 0.3) is 0 Å². The summed E-state index contributed by atoms with van der Waals surface area (Å²) in [6.07, 6.45) is 0.700. The number of anilines is 1. The van der Waals surface area contributed by atoms with Gasteiger partial charge >= 0.3 is 5.97 Å². The molecule has 0 bridgehead atoms. The quantitative estimate of drug-likeness (QED) is 0.639. The van der Waals surface area contributed by atoms with Crippen LogP contribution in [-0.4, -0.2) is 17.0 Å². The number of carboxylic acids is 1. The van der Waals surface area contributed by atoms with Gasteiger partial charge in [0.05, 0.1) is 14.8 Å². The molecule has 0 saturated carbocycles. The van der Waals surface area contributed by atoms with Gasteiger partial charge in [-0.25, -0.2) is 4.79 Å². The third-order valence-electron chi connectivity index (χ3n) is 3.18. The lowest BCUT2D eigenvalue weighted by Gasteiger charge is -2.14. The maximum atomic E-state index is 12.3. The molecule has 0 aromatic heterocycles. The van der Waals surface area contributed by atoms with Crippen molar-refractivity contribution in [1.29, 1.82) is 0 Å². The van der Waals surface area contributed by atoms with Crippen molar-refractivity contribution in [2.45, 2.75) is 13.3 Å². The number of hydrogen-bond donors (Lipinski definition) is 2. The Balaban J connectivity index is 2.39. The second-order valence-corrected chi connectivity index (χ2v) is 6.58. The van der Waals surface area contributed by atoms with Crippen LogP contribution in [0.1, 0.15) is 33.2 Å². The van der Waals surface area contributed by atoms with E-state index in [1.54, 1.807) is 36.4 Å². The normalized spacial score (nSPS) is 10.3. The molecular weight excluding hydrogens is 461 g/mol. The minimum atomic E-state index is -1.01. The molecule has 0 unspecified atom stereocenters. The minimum absolute atomic E-state index is 0.184. The Morgan fingerprint density at radius 2 is 1.82 bits per heavy atom. The van der Waals surface area contributed by atoms with E-state index < -0.39 is 5.97 Å². The first kappa shape index (κ1) is 17.0. The zero-order chi connectivity index (χ0) is 16.3. The molecule has 2 aromatic carbocycles. The second-order valence-electron chi connectivity index (χ2n) is 4.58. The number of carbonyl (C=O) groups is 2. The Kier molecular flexibility index (Phi) is 5.57. The molecule has 0 aliphatic carbocycles. The van der Waals surface area contributed by atoms with Crippen LogP contribution >= 0.6 is 38.5 Å². The van der Waals surface area contributed by atoms with Crippen molar-refractivity contribution in [2.75, 3.05) is 5.32 Å². The molecular formula is C16H13BrINO3. The fourth-order valence-electron chi connectivity index (χ4n) is 2.00. The van der Waals surface area contributed by atoms with Crippen molar-refractivity contribution in [1.82, 2.24) is 0 Å². The summed E-state index contributed by atoms with van der Waals surface area (Å²) in [4.78, 5) is 23.6. The summed E-state index contributed by atoms with van der Waals surface area (Å²) >= 11 is 5.28. The Morgan fingerprint density at radius 1 is 1.18 bits per heavy atom. The lowest BCUT2D eigenvalue weighted by molar-refractivity contribution is 0.0695. The van der Waals surface area contributed by atoms with E-state index in [4.69, 9.17) is 0 Å². The number of carboxylic acid groups (broad SMARTS) is 1. The monoisotopic (exact) mass is 473 g/mol. The van der Waals surface area contributed by atoms with E-state index in [0.29, 0.717) is 21.2 Å². The fraction of sp³-hybridized carbons (Fsp3) is 0.125. The summed E-state index contributed by atoms with van der Waals surface area (Å²) in [6, 6.07) is 10.3. The molecule has 0 atom stereocenters. The first-order valence-electron chi connectivity index (χ1n) is 6.55. The van der Waals surface area contributed by atoms with Gasteiger partial charge in [0.25, 0.3) is 5.91 Å². The standard InChI is InChI=1S/C16H13BrINO3/c1-2-9-5-8-12(16(21)22)13(18)14(9)19-15(20)10-3-6-11(17)7-4-10/h3-8H,2H2,1H3,(H,19,20)(H,21,22). The molecule has 0 aliphatic rings. The van der Waals surface area contributed by atoms with E-state index in [-0.39, 0.29) is 11.5 Å². The average Bonchev–Trinajstić information content (AvgIpc) is 2.49. The van der Waals surface area contributed by atoms with Gasteiger partial charge in [0.2, 0.25) is 0 Å². The molecule has 6 heteroatoms. The maximum absolute atomic E-state index is 12.3. The molecule has 114 valence electrons. The highest BCUT2D eigenvalue weighted by Gasteiger charge is 2.17. The van der Waals surface area contributed by atoms with Gasteiger partial charge < -0.3 is 10.4 Å². The largest absolute Gasteiger partial charge is 0.478 e. The predicted molar refractivity (Wildman–Crippen MR) is 97.6 cm³/mol. The van der Waals surface area contributed by atoms with Gasteiger partial charge in [-0.1, -0.05) is 28.9 Å². The van der Waals surface area contributed by atoms with Crippen molar-refractivity contribution in [3.8, 4) is 0 Å². The van der Waals surface area contributed by atoms with Crippen molar-refractivity contribution in [3.05, 3.63) is 61.1 Å². The van der Waals surface area contributed by atoms with Crippen molar-refractivity contribution in [2.24, 2.45) is 0 Å². The molecule has 0 radical (unpaired) electrons. The lowest BCUT2D eigenvalue weighted by atomic mass is 10.1. The van der Waals surface area contributed by atoms with E-state index in [1.165, 1.54) is 0 Å². The summed E-state index contributed by atoms with van der Waals surface area (Å²) in [7, 11) is 0. The van der Waals surface area contributed by atoms with Crippen molar-refractivity contribution >= 4 is 56.1 Å². The van der Waals surface area contributed by atoms with Crippen LogP contribution in [0.4, 0.5) is 5.69 Å². The molecule has 4 nitrogen and oxygen atoms in total. The van der Waals surface area contributed by atoms with Crippen LogP contribution in [0.2, 0.25) is 0 Å². The van der Waals surface area contributed by atoms with E-state index >= 15 is 0 Å². The van der Waals surface area contributed by atoms with E-state index in [9.17, 15) is 14.7 Å². The topological polar surface area (TPSA) is 66.4 Å². The molecule has 0 heterocycles. The van der Waals surface area contributed by atoms with Gasteiger partial charge in [-0.15, -0.1) is 0 Å². The Bertz CT molecular complexity index is 729. The minimum Gasteiger partial charge on any atom is -0.478 e. The number of nitrogens with one attached hydrogen (secondary N) is 1. The summed E-state index contributed by atoms with van der Waals surface area (Å²) in [6.45, 7) is 1.96. The van der Waals surface area contributed by atoms with Crippen LogP contribution in [0.15, 0.2) is 40.9 Å². The number of halogens is 2. The molecule has 2 rings (SSSR count). The number of benzene rings is 2. The smallest absolute Gasteiger partial charge is 0.336 e. The SMILES string of the molecule is CCc1ccc(C(=O)O)c(I)c1NC(=O)c1ccc(Br)cc1. The maximum Gasteiger partial charge on any atom is 0.336 e. The molecule has 2 aromatic rings. The van der Waals surface area contributed by atoms with Crippen LogP contribution in [0, 0.1) is 3.57 Å². The number of aryl methyl sites for hydroxylation is 1. The van der Waals surface area contributed by atoms with Gasteiger partial charge in [0, 0.05) is 10.0 Å². The number of carbonyl (C=O) groups excluding carboxylic acids is 1. The third kappa shape index (κ3) is 3.67. The number of aromatic carboxylic acids is 1. The van der Waals surface area contributed by atoms with Crippen LogP contribution in [-0.2, 0) is 6.42 Å². The van der Waals surface area contributed by atoms with E-state index in [1.807, 2.05) is 29.5 Å². The predicted octanol–water partition coefficient (Wildman–Crippen LogP) is 4.57. The first-order valence-corrected chi connectivity index (χ1v) is 8.42. The molecule has 0 fully saturated rings. The molecule has 22 heavy (non-hydrogen) atoms. The van der Waals surface area contributed by atoms with E-state index in [2.05, 4.69) is 21.2 Å². The second kappa shape index (κ2) is 7.23. The number of rotatable bonds is 4. The summed E-state index contributed by atoms with van der Waals surface area (Å²) < 4.78 is 1.43. The molecule has 1 amide bonds. The zero-order valence-corrected chi connectivity index (χ0v) is 15.4. The average molecular weight is 474 g/mol. The Hall–Kier alpha value is -1.41. The lowest BCUT2D eigenvalue weighted by Crippen LogP contribution is -2.16. The number of hydrogen-bond acceptors (Lipinski definition) is 2.